The van der Waals surface area contributed by atoms with Crippen LogP contribution in [-0.4, -0.2) is 11.5 Å². The molecule has 280 valence electrons. The summed E-state index contributed by atoms with van der Waals surface area (Å²) in [5.74, 6) is 3.87. The number of rotatable bonds is 6. The molecule has 0 atom stereocenters. The molecule has 2 aliphatic rings. The van der Waals surface area contributed by atoms with Crippen LogP contribution in [0.1, 0.15) is 0 Å². The molecule has 0 amide bonds. The maximum atomic E-state index is 7.09. The lowest BCUT2D eigenvalue weighted by molar-refractivity contribution is 0.478. The highest BCUT2D eigenvalue weighted by molar-refractivity contribution is 8.05. The number of nitrogens with zero attached hydrogens (tertiary/aromatic N) is 2. The number of anilines is 6. The van der Waals surface area contributed by atoms with E-state index in [1.807, 2.05) is 23.5 Å². The van der Waals surface area contributed by atoms with E-state index in [9.17, 15) is 0 Å². The third-order valence-electron chi connectivity index (χ3n) is 11.7. The van der Waals surface area contributed by atoms with Gasteiger partial charge in [-0.15, -0.1) is 23.5 Å². The Morgan fingerprint density at radius 2 is 1.15 bits per heavy atom. The monoisotopic (exact) mass is 792 g/mol. The topological polar surface area (TPSA) is 15.7 Å². The van der Waals surface area contributed by atoms with Crippen molar-refractivity contribution in [1.82, 2.24) is 0 Å². The quantitative estimate of drug-likeness (QED) is 0.155. The highest BCUT2D eigenvalue weighted by Gasteiger charge is 2.32. The van der Waals surface area contributed by atoms with Crippen LogP contribution in [0.4, 0.5) is 34.1 Å². The number of hydrogen-bond donors (Lipinski definition) is 0. The van der Waals surface area contributed by atoms with Gasteiger partial charge in [-0.1, -0.05) is 133 Å². The number of para-hydroxylation sites is 3. The van der Waals surface area contributed by atoms with Crippen LogP contribution < -0.4 is 14.5 Å². The van der Waals surface area contributed by atoms with Gasteiger partial charge in [0.1, 0.15) is 0 Å². The van der Waals surface area contributed by atoms with Crippen molar-refractivity contribution in [3.63, 3.8) is 0 Å². The van der Waals surface area contributed by atoms with Crippen LogP contribution in [0.5, 0.6) is 11.5 Å². The van der Waals surface area contributed by atoms with Gasteiger partial charge in [-0.2, -0.15) is 0 Å². The predicted octanol–water partition coefficient (Wildman–Crippen LogP) is 16.2. The van der Waals surface area contributed by atoms with E-state index in [0.717, 1.165) is 62.7 Å². The van der Waals surface area contributed by atoms with Crippen molar-refractivity contribution in [2.24, 2.45) is 0 Å². The summed E-state index contributed by atoms with van der Waals surface area (Å²) in [6.45, 7) is 0. The van der Waals surface area contributed by atoms with Crippen LogP contribution in [0.25, 0.3) is 54.6 Å². The first kappa shape index (κ1) is 34.4. The molecule has 0 radical (unpaired) electrons. The van der Waals surface area contributed by atoms with Crippen molar-refractivity contribution in [3.05, 3.63) is 194 Å². The molecule has 3 nitrogen and oxygen atoms in total. The van der Waals surface area contributed by atoms with Gasteiger partial charge in [0, 0.05) is 54.9 Å². The average molecular weight is 793 g/mol. The molecule has 0 fully saturated rings. The second kappa shape index (κ2) is 14.0. The molecule has 2 aliphatic heterocycles. The molecular formula is C54H36N2OS2. The summed E-state index contributed by atoms with van der Waals surface area (Å²) in [4.78, 5) is 7.48. The first-order valence-electron chi connectivity index (χ1n) is 20.1. The van der Waals surface area contributed by atoms with Gasteiger partial charge < -0.3 is 14.5 Å². The maximum absolute atomic E-state index is 7.09. The molecule has 12 rings (SSSR count). The summed E-state index contributed by atoms with van der Waals surface area (Å²) in [6, 6.07) is 70.6. The molecule has 0 saturated heterocycles. The molecule has 0 N–H and O–H groups in total. The van der Waals surface area contributed by atoms with Gasteiger partial charge in [-0.3, -0.25) is 0 Å². The van der Waals surface area contributed by atoms with Crippen LogP contribution >= 0.6 is 23.5 Å². The maximum Gasteiger partial charge on any atom is 0.159 e. The van der Waals surface area contributed by atoms with Crippen LogP contribution in [0.3, 0.4) is 0 Å². The fourth-order valence-corrected chi connectivity index (χ4v) is 11.5. The largest absolute Gasteiger partial charge is 0.452 e. The standard InChI is InChI=1S/C54H36N2OS2/c1-3-11-35(12-4-1)36-23-27-41(28-24-36)55(46-30-26-39-22-21-37-13-9-14-38-25-29-44(46)52(39)51(37)38)42-33-45(43-17-10-20-50-54(43)59-32-31-58-50)53-48(34-42)56(40-15-5-2-6-16-40)47-18-7-8-19-49(47)57-53/h1-30,33-34H,31-32H2. The molecule has 59 heavy (non-hydrogen) atoms. The fraction of sp³-hybridized carbons (Fsp3) is 0.0370. The molecule has 0 bridgehead atoms. The van der Waals surface area contributed by atoms with Crippen LogP contribution in [-0.2, 0) is 0 Å². The summed E-state index contributed by atoms with van der Waals surface area (Å²) >= 11 is 3.90. The number of thioether (sulfide) groups is 2. The van der Waals surface area contributed by atoms with Crippen LogP contribution in [0, 0.1) is 0 Å². The molecule has 0 aliphatic carbocycles. The van der Waals surface area contributed by atoms with E-state index >= 15 is 0 Å². The number of fused-ring (bicyclic) bond motifs is 3. The molecule has 0 saturated carbocycles. The Hall–Kier alpha value is -6.66. The van der Waals surface area contributed by atoms with Crippen molar-refractivity contribution >= 4 is 90.0 Å². The van der Waals surface area contributed by atoms with Gasteiger partial charge in [-0.05, 0) is 98.7 Å². The number of benzene rings is 10. The molecule has 5 heteroatoms. The highest BCUT2D eigenvalue weighted by Crippen LogP contribution is 2.58. The van der Waals surface area contributed by atoms with Gasteiger partial charge in [0.05, 0.1) is 17.1 Å². The van der Waals surface area contributed by atoms with Crippen LogP contribution in [0.2, 0.25) is 0 Å². The predicted molar refractivity (Wildman–Crippen MR) is 252 cm³/mol. The lowest BCUT2D eigenvalue weighted by atomic mass is 9.92. The third kappa shape index (κ3) is 5.68. The van der Waals surface area contributed by atoms with Gasteiger partial charge in [0.15, 0.2) is 11.5 Å². The summed E-state index contributed by atoms with van der Waals surface area (Å²) in [5, 5.41) is 7.56. The van der Waals surface area contributed by atoms with Crippen LogP contribution in [0.15, 0.2) is 204 Å². The molecule has 0 aromatic heterocycles. The van der Waals surface area contributed by atoms with Crippen molar-refractivity contribution in [1.29, 1.82) is 0 Å². The Balaban J connectivity index is 1.17. The average Bonchev–Trinajstić information content (AvgIpc) is 3.31. The van der Waals surface area contributed by atoms with Gasteiger partial charge in [-0.25, -0.2) is 0 Å². The van der Waals surface area contributed by atoms with E-state index in [0.29, 0.717) is 0 Å². The molecular weight excluding hydrogens is 757 g/mol. The van der Waals surface area contributed by atoms with Gasteiger partial charge in [0.25, 0.3) is 0 Å². The Bertz CT molecular complexity index is 3190. The van der Waals surface area contributed by atoms with Crippen molar-refractivity contribution < 1.29 is 4.74 Å². The first-order valence-corrected chi connectivity index (χ1v) is 22.1. The minimum atomic E-state index is 0.838. The SMILES string of the molecule is c1ccc(-c2ccc(N(c3cc(-c4cccc5c4SCCS5)c4c(c3)N(c3ccccc3)c3ccccc3O4)c3ccc4ccc5cccc6ccc3c4c56)cc2)cc1. The minimum Gasteiger partial charge on any atom is -0.452 e. The molecule has 0 unspecified atom stereocenters. The second-order valence-corrected chi connectivity index (χ2v) is 17.3. The Kier molecular flexibility index (Phi) is 8.17. The van der Waals surface area contributed by atoms with E-state index in [2.05, 4.69) is 204 Å². The van der Waals surface area contributed by atoms with E-state index < -0.39 is 0 Å². The van der Waals surface area contributed by atoms with Crippen molar-refractivity contribution in [2.75, 3.05) is 21.3 Å². The summed E-state index contributed by atoms with van der Waals surface area (Å²) in [7, 11) is 0. The molecule has 10 aromatic carbocycles. The van der Waals surface area contributed by atoms with Gasteiger partial charge >= 0.3 is 0 Å². The Labute approximate surface area is 351 Å². The second-order valence-electron chi connectivity index (χ2n) is 15.1. The zero-order chi connectivity index (χ0) is 38.9. The first-order chi connectivity index (χ1) is 29.3. The summed E-state index contributed by atoms with van der Waals surface area (Å²) in [5.41, 5.74) is 11.0. The fourth-order valence-electron chi connectivity index (χ4n) is 9.09. The minimum absolute atomic E-state index is 0.838. The van der Waals surface area contributed by atoms with Crippen molar-refractivity contribution in [2.45, 2.75) is 9.79 Å². The molecule has 10 aromatic rings. The molecule has 0 spiro atoms. The summed E-state index contributed by atoms with van der Waals surface area (Å²) < 4.78 is 7.09. The zero-order valence-electron chi connectivity index (χ0n) is 32.0. The Morgan fingerprint density at radius 1 is 0.475 bits per heavy atom. The van der Waals surface area contributed by atoms with E-state index in [-0.39, 0.29) is 0 Å². The third-order valence-corrected chi connectivity index (χ3v) is 14.3. The van der Waals surface area contributed by atoms with E-state index in [1.54, 1.807) is 0 Å². The summed E-state index contributed by atoms with van der Waals surface area (Å²) in [6.07, 6.45) is 0. The smallest absolute Gasteiger partial charge is 0.159 e. The highest BCUT2D eigenvalue weighted by atomic mass is 32.2. The van der Waals surface area contributed by atoms with Gasteiger partial charge in [0.2, 0.25) is 0 Å². The lowest BCUT2D eigenvalue weighted by Gasteiger charge is -2.36. The van der Waals surface area contributed by atoms with E-state index in [1.165, 1.54) is 58.8 Å². The Morgan fingerprint density at radius 3 is 1.98 bits per heavy atom. The number of hydrogen-bond acceptors (Lipinski definition) is 5. The normalized spacial score (nSPS) is 13.3. The molecule has 2 heterocycles. The van der Waals surface area contributed by atoms with Crippen molar-refractivity contribution in [3.8, 4) is 33.8 Å². The lowest BCUT2D eigenvalue weighted by Crippen LogP contribution is -2.18. The number of ether oxygens (including phenoxy) is 1. The van der Waals surface area contributed by atoms with E-state index in [4.69, 9.17) is 4.74 Å². The zero-order valence-corrected chi connectivity index (χ0v) is 33.6.